The molecule has 17 heavy (non-hydrogen) atoms. The van der Waals surface area contributed by atoms with Crippen molar-refractivity contribution in [2.24, 2.45) is 11.7 Å². The summed E-state index contributed by atoms with van der Waals surface area (Å²) in [5.41, 5.74) is 6.35. The zero-order valence-electron chi connectivity index (χ0n) is 11.9. The Labute approximate surface area is 106 Å². The van der Waals surface area contributed by atoms with E-state index in [1.54, 1.807) is 0 Å². The van der Waals surface area contributed by atoms with Gasteiger partial charge in [-0.25, -0.2) is 0 Å². The van der Waals surface area contributed by atoms with Crippen LogP contribution in [0.4, 0.5) is 0 Å². The maximum absolute atomic E-state index is 6.12. The Hall–Kier alpha value is -0.120. The van der Waals surface area contributed by atoms with E-state index in [0.29, 0.717) is 12.0 Å². The van der Waals surface area contributed by atoms with Crippen LogP contribution >= 0.6 is 0 Å². The summed E-state index contributed by atoms with van der Waals surface area (Å²) >= 11 is 0. The molecule has 1 aliphatic heterocycles. The second-order valence-electron chi connectivity index (χ2n) is 6.66. The minimum Gasteiger partial charge on any atom is -0.329 e. The third-order valence-electron chi connectivity index (χ3n) is 4.56. The maximum atomic E-state index is 6.12. The number of nitrogens with zero attached hydrogens (tertiary/aromatic N) is 2. The Balaban J connectivity index is 2.04. The molecule has 0 spiro atoms. The fraction of sp³-hybridized carbons (Fsp3) is 1.00. The topological polar surface area (TPSA) is 32.5 Å². The van der Waals surface area contributed by atoms with E-state index < -0.39 is 0 Å². The van der Waals surface area contributed by atoms with Crippen molar-refractivity contribution in [1.29, 1.82) is 0 Å². The Morgan fingerprint density at radius 1 is 1.41 bits per heavy atom. The normalized spacial score (nSPS) is 35.1. The zero-order valence-corrected chi connectivity index (χ0v) is 11.9. The summed E-state index contributed by atoms with van der Waals surface area (Å²) in [4.78, 5) is 5.22. The van der Waals surface area contributed by atoms with Crippen molar-refractivity contribution in [2.75, 3.05) is 26.7 Å². The van der Waals surface area contributed by atoms with Gasteiger partial charge in [0.15, 0.2) is 0 Å². The first-order valence-electron chi connectivity index (χ1n) is 7.15. The molecule has 0 amide bonds. The van der Waals surface area contributed by atoms with Gasteiger partial charge in [-0.2, -0.15) is 0 Å². The highest BCUT2D eigenvalue weighted by molar-refractivity contribution is 5.06. The van der Waals surface area contributed by atoms with Gasteiger partial charge in [-0.1, -0.05) is 13.8 Å². The molecule has 1 saturated heterocycles. The van der Waals surface area contributed by atoms with Gasteiger partial charge in [0.05, 0.1) is 0 Å². The first kappa shape index (κ1) is 13.3. The van der Waals surface area contributed by atoms with Gasteiger partial charge in [-0.15, -0.1) is 0 Å². The van der Waals surface area contributed by atoms with Gasteiger partial charge >= 0.3 is 0 Å². The van der Waals surface area contributed by atoms with E-state index in [4.69, 9.17) is 5.73 Å². The predicted octanol–water partition coefficient (Wildman–Crippen LogP) is 1.53. The molecule has 100 valence electrons. The van der Waals surface area contributed by atoms with Crippen molar-refractivity contribution < 1.29 is 0 Å². The van der Waals surface area contributed by atoms with Crippen molar-refractivity contribution >= 4 is 0 Å². The van der Waals surface area contributed by atoms with Crippen molar-refractivity contribution in [3.8, 4) is 0 Å². The molecule has 3 heteroatoms. The molecule has 1 saturated carbocycles. The highest BCUT2D eigenvalue weighted by atomic mass is 15.3. The number of nitrogens with two attached hydrogens (primary N) is 1. The molecule has 0 bridgehead atoms. The second-order valence-corrected chi connectivity index (χ2v) is 6.66. The van der Waals surface area contributed by atoms with E-state index in [2.05, 4.69) is 37.6 Å². The summed E-state index contributed by atoms with van der Waals surface area (Å²) in [7, 11) is 2.26. The summed E-state index contributed by atoms with van der Waals surface area (Å²) in [6.07, 6.45) is 4.04. The molecular formula is C14H29N3. The van der Waals surface area contributed by atoms with Crippen LogP contribution in [0, 0.1) is 5.92 Å². The minimum absolute atomic E-state index is 0.228. The van der Waals surface area contributed by atoms with Gasteiger partial charge in [0.25, 0.3) is 0 Å². The van der Waals surface area contributed by atoms with Crippen LogP contribution in [0.5, 0.6) is 0 Å². The monoisotopic (exact) mass is 239 g/mol. The molecule has 2 atom stereocenters. The van der Waals surface area contributed by atoms with E-state index in [1.165, 1.54) is 25.8 Å². The molecule has 2 unspecified atom stereocenters. The first-order valence-corrected chi connectivity index (χ1v) is 7.15. The quantitative estimate of drug-likeness (QED) is 0.790. The van der Waals surface area contributed by atoms with Crippen LogP contribution < -0.4 is 5.73 Å². The van der Waals surface area contributed by atoms with Crippen LogP contribution in [0.3, 0.4) is 0 Å². The fourth-order valence-corrected chi connectivity index (χ4v) is 3.44. The number of hydrogen-bond acceptors (Lipinski definition) is 3. The molecule has 0 aromatic rings. The predicted molar refractivity (Wildman–Crippen MR) is 73.1 cm³/mol. The van der Waals surface area contributed by atoms with Crippen molar-refractivity contribution in [2.45, 2.75) is 57.7 Å². The summed E-state index contributed by atoms with van der Waals surface area (Å²) in [6, 6.07) is 1.58. The zero-order chi connectivity index (χ0) is 12.6. The van der Waals surface area contributed by atoms with E-state index in [1.807, 2.05) is 0 Å². The van der Waals surface area contributed by atoms with Crippen LogP contribution in [0.1, 0.15) is 40.0 Å². The van der Waals surface area contributed by atoms with E-state index in [0.717, 1.165) is 19.1 Å². The second kappa shape index (κ2) is 4.87. The summed E-state index contributed by atoms with van der Waals surface area (Å²) in [5, 5.41) is 0. The van der Waals surface area contributed by atoms with Gasteiger partial charge in [-0.05, 0) is 39.2 Å². The Kier molecular flexibility index (Phi) is 3.81. The molecule has 2 aliphatic rings. The van der Waals surface area contributed by atoms with Crippen LogP contribution in [0.15, 0.2) is 0 Å². The standard InChI is InChI=1S/C14H29N3/c1-11(2)8-16(4)14(9-15)7-12(3)17(10-14)13-5-6-13/h11-13H,5-10,15H2,1-4H3. The minimum atomic E-state index is 0.228. The molecule has 0 aromatic heterocycles. The third-order valence-corrected chi connectivity index (χ3v) is 4.56. The lowest BCUT2D eigenvalue weighted by Crippen LogP contribution is -2.55. The fourth-order valence-electron chi connectivity index (χ4n) is 3.44. The van der Waals surface area contributed by atoms with E-state index in [-0.39, 0.29) is 5.54 Å². The van der Waals surface area contributed by atoms with Crippen molar-refractivity contribution in [3.63, 3.8) is 0 Å². The van der Waals surface area contributed by atoms with Gasteiger partial charge in [0.2, 0.25) is 0 Å². The maximum Gasteiger partial charge on any atom is 0.0470 e. The summed E-state index contributed by atoms with van der Waals surface area (Å²) in [5.74, 6) is 0.716. The summed E-state index contributed by atoms with van der Waals surface area (Å²) < 4.78 is 0. The highest BCUT2D eigenvalue weighted by Gasteiger charge is 2.48. The van der Waals surface area contributed by atoms with Crippen LogP contribution in [0.2, 0.25) is 0 Å². The molecule has 1 heterocycles. The van der Waals surface area contributed by atoms with E-state index in [9.17, 15) is 0 Å². The smallest absolute Gasteiger partial charge is 0.0470 e. The average molecular weight is 239 g/mol. The lowest BCUT2D eigenvalue weighted by Gasteiger charge is -2.39. The number of likely N-dealkylation sites (tertiary alicyclic amines) is 1. The Morgan fingerprint density at radius 3 is 2.53 bits per heavy atom. The van der Waals surface area contributed by atoms with Crippen LogP contribution in [-0.4, -0.2) is 54.1 Å². The van der Waals surface area contributed by atoms with E-state index >= 15 is 0 Å². The molecule has 2 N–H and O–H groups in total. The van der Waals surface area contributed by atoms with Gasteiger partial charge in [-0.3, -0.25) is 9.80 Å². The molecule has 2 fully saturated rings. The lowest BCUT2D eigenvalue weighted by molar-refractivity contribution is 0.114. The highest BCUT2D eigenvalue weighted by Crippen LogP contribution is 2.39. The molecule has 0 aromatic carbocycles. The van der Waals surface area contributed by atoms with Crippen LogP contribution in [0.25, 0.3) is 0 Å². The molecule has 3 nitrogen and oxygen atoms in total. The molecule has 1 aliphatic carbocycles. The third kappa shape index (κ3) is 2.67. The SMILES string of the molecule is CC(C)CN(C)C1(CN)CC(C)N(C2CC2)C1. The first-order chi connectivity index (χ1) is 7.98. The average Bonchev–Trinajstić information content (AvgIpc) is 3.02. The van der Waals surface area contributed by atoms with Gasteiger partial charge in [0, 0.05) is 37.3 Å². The molecule has 0 radical (unpaired) electrons. The number of hydrogen-bond donors (Lipinski definition) is 1. The number of rotatable bonds is 5. The van der Waals surface area contributed by atoms with Crippen molar-refractivity contribution in [3.05, 3.63) is 0 Å². The van der Waals surface area contributed by atoms with Crippen molar-refractivity contribution in [1.82, 2.24) is 9.80 Å². The Morgan fingerprint density at radius 2 is 2.06 bits per heavy atom. The van der Waals surface area contributed by atoms with Crippen LogP contribution in [-0.2, 0) is 0 Å². The lowest BCUT2D eigenvalue weighted by atomic mass is 9.93. The Bertz CT molecular complexity index is 262. The summed E-state index contributed by atoms with van der Waals surface area (Å²) in [6.45, 7) is 10.1. The number of likely N-dealkylation sites (N-methyl/N-ethyl adjacent to an activating group) is 1. The van der Waals surface area contributed by atoms with Gasteiger partial charge < -0.3 is 5.73 Å². The molecular weight excluding hydrogens is 210 g/mol. The van der Waals surface area contributed by atoms with Gasteiger partial charge in [0.1, 0.15) is 0 Å². The largest absolute Gasteiger partial charge is 0.329 e. The molecule has 2 rings (SSSR count).